The summed E-state index contributed by atoms with van der Waals surface area (Å²) in [6.07, 6.45) is 1.54. The van der Waals surface area contributed by atoms with Crippen molar-refractivity contribution in [2.45, 2.75) is 0 Å². The number of halogens is 2. The highest BCUT2D eigenvalue weighted by atomic mass is 19.1. The maximum absolute atomic E-state index is 13.6. The van der Waals surface area contributed by atoms with Crippen LogP contribution in [-0.4, -0.2) is 15.5 Å². The van der Waals surface area contributed by atoms with Gasteiger partial charge in [-0.3, -0.25) is 14.2 Å². The average Bonchev–Trinajstić information content (AvgIpc) is 2.53. The quantitative estimate of drug-likeness (QED) is 0.790. The van der Waals surface area contributed by atoms with Crippen LogP contribution < -0.4 is 10.9 Å². The average molecular weight is 315 g/mol. The van der Waals surface area contributed by atoms with E-state index in [4.69, 9.17) is 0 Å². The summed E-state index contributed by atoms with van der Waals surface area (Å²) >= 11 is 0. The molecule has 0 aliphatic heterocycles. The van der Waals surface area contributed by atoms with E-state index in [2.05, 4.69) is 10.3 Å². The Morgan fingerprint density at radius 1 is 1.22 bits per heavy atom. The number of rotatable bonds is 2. The van der Waals surface area contributed by atoms with Crippen LogP contribution in [0.1, 0.15) is 10.4 Å². The topological polar surface area (TPSA) is 64.0 Å². The van der Waals surface area contributed by atoms with E-state index in [1.165, 1.54) is 23.9 Å². The molecular weight excluding hydrogens is 304 g/mol. The summed E-state index contributed by atoms with van der Waals surface area (Å²) in [5.74, 6) is -2.45. The first-order chi connectivity index (χ1) is 11.0. The number of carbonyl (C=O) groups is 1. The van der Waals surface area contributed by atoms with Gasteiger partial charge >= 0.3 is 0 Å². The van der Waals surface area contributed by atoms with E-state index in [0.29, 0.717) is 17.1 Å². The summed E-state index contributed by atoms with van der Waals surface area (Å²) < 4.78 is 27.7. The zero-order chi connectivity index (χ0) is 16.6. The molecule has 0 saturated heterocycles. The fraction of sp³-hybridized carbons (Fsp3) is 0.0625. The van der Waals surface area contributed by atoms with Crippen molar-refractivity contribution in [2.24, 2.45) is 7.05 Å². The molecule has 7 heteroatoms. The largest absolute Gasteiger partial charge is 0.319 e. The molecule has 5 nitrogen and oxygen atoms in total. The molecule has 3 rings (SSSR count). The highest BCUT2D eigenvalue weighted by Gasteiger charge is 2.16. The molecule has 1 amide bonds. The molecular formula is C16H11F2N3O2. The minimum atomic E-state index is -0.919. The molecule has 116 valence electrons. The normalized spacial score (nSPS) is 10.7. The number of anilines is 1. The third kappa shape index (κ3) is 2.68. The highest BCUT2D eigenvalue weighted by Crippen LogP contribution is 2.16. The van der Waals surface area contributed by atoms with Gasteiger partial charge in [0, 0.05) is 24.7 Å². The summed E-state index contributed by atoms with van der Waals surface area (Å²) in [6.45, 7) is 0. The molecule has 2 aromatic heterocycles. The molecule has 3 aromatic rings. The minimum absolute atomic E-state index is 0.156. The standard InChI is InChI=1S/C16H11F2N3O2/c1-21-14-9(3-2-6-19-14)7-11(16(21)23)15(22)20-13-5-4-10(17)8-12(13)18/h2-8H,1H3,(H,20,22). The van der Waals surface area contributed by atoms with Crippen molar-refractivity contribution in [3.63, 3.8) is 0 Å². The Hall–Kier alpha value is -3.09. The molecule has 0 atom stereocenters. The fourth-order valence-electron chi connectivity index (χ4n) is 2.24. The third-order valence-electron chi connectivity index (χ3n) is 3.39. The van der Waals surface area contributed by atoms with Crippen molar-refractivity contribution in [3.05, 3.63) is 70.1 Å². The van der Waals surface area contributed by atoms with Crippen molar-refractivity contribution in [2.75, 3.05) is 5.32 Å². The number of aromatic nitrogens is 2. The van der Waals surface area contributed by atoms with E-state index in [1.807, 2.05) is 0 Å². The number of aryl methyl sites for hydroxylation is 1. The van der Waals surface area contributed by atoms with Gasteiger partial charge in [-0.15, -0.1) is 0 Å². The molecule has 0 fully saturated rings. The van der Waals surface area contributed by atoms with Gasteiger partial charge in [-0.2, -0.15) is 0 Å². The molecule has 0 bridgehead atoms. The van der Waals surface area contributed by atoms with Gasteiger partial charge < -0.3 is 5.32 Å². The molecule has 0 radical (unpaired) electrons. The van der Waals surface area contributed by atoms with E-state index in [0.717, 1.165) is 12.1 Å². The Kier molecular flexibility index (Phi) is 3.61. The first-order valence-electron chi connectivity index (χ1n) is 6.68. The molecule has 0 aliphatic carbocycles. The van der Waals surface area contributed by atoms with Gasteiger partial charge in [0.05, 0.1) is 5.69 Å². The number of hydrogen-bond donors (Lipinski definition) is 1. The maximum atomic E-state index is 13.6. The number of amides is 1. The molecule has 0 aliphatic rings. The van der Waals surface area contributed by atoms with Gasteiger partial charge in [0.1, 0.15) is 22.8 Å². The third-order valence-corrected chi connectivity index (χ3v) is 3.39. The predicted octanol–water partition coefficient (Wildman–Crippen LogP) is 2.46. The van der Waals surface area contributed by atoms with Crippen molar-refractivity contribution in [1.29, 1.82) is 0 Å². The van der Waals surface area contributed by atoms with E-state index in [-0.39, 0.29) is 11.3 Å². The summed E-state index contributed by atoms with van der Waals surface area (Å²) in [6, 6.07) is 7.53. The van der Waals surface area contributed by atoms with Crippen LogP contribution >= 0.6 is 0 Å². The molecule has 1 N–H and O–H groups in total. The van der Waals surface area contributed by atoms with Gasteiger partial charge in [0.15, 0.2) is 0 Å². The monoisotopic (exact) mass is 315 g/mol. The van der Waals surface area contributed by atoms with Crippen LogP contribution in [0.3, 0.4) is 0 Å². The number of fused-ring (bicyclic) bond motifs is 1. The fourth-order valence-corrected chi connectivity index (χ4v) is 2.24. The van der Waals surface area contributed by atoms with Gasteiger partial charge in [0.2, 0.25) is 0 Å². The summed E-state index contributed by atoms with van der Waals surface area (Å²) in [5.41, 5.74) is -0.486. The number of carbonyl (C=O) groups excluding carboxylic acids is 1. The van der Waals surface area contributed by atoms with Crippen LogP contribution in [0.15, 0.2) is 47.4 Å². The number of hydrogen-bond acceptors (Lipinski definition) is 3. The molecule has 0 spiro atoms. The Labute approximate surface area is 129 Å². The number of nitrogens with zero attached hydrogens (tertiary/aromatic N) is 2. The van der Waals surface area contributed by atoms with Gasteiger partial charge in [0.25, 0.3) is 11.5 Å². The molecule has 0 unspecified atom stereocenters. The summed E-state index contributed by atoms with van der Waals surface area (Å²) in [4.78, 5) is 28.6. The Balaban J connectivity index is 2.04. The second-order valence-electron chi connectivity index (χ2n) is 4.92. The minimum Gasteiger partial charge on any atom is -0.319 e. The maximum Gasteiger partial charge on any atom is 0.264 e. The van der Waals surface area contributed by atoms with Crippen molar-refractivity contribution in [1.82, 2.24) is 9.55 Å². The van der Waals surface area contributed by atoms with Crippen LogP contribution in [0.4, 0.5) is 14.5 Å². The van der Waals surface area contributed by atoms with Crippen molar-refractivity contribution >= 4 is 22.6 Å². The zero-order valence-corrected chi connectivity index (χ0v) is 12.0. The molecule has 0 saturated carbocycles. The zero-order valence-electron chi connectivity index (χ0n) is 12.0. The molecule has 1 aromatic carbocycles. The van der Waals surface area contributed by atoms with Crippen LogP contribution in [0.2, 0.25) is 0 Å². The van der Waals surface area contributed by atoms with Gasteiger partial charge in [-0.1, -0.05) is 0 Å². The first-order valence-corrected chi connectivity index (χ1v) is 6.68. The number of benzene rings is 1. The second kappa shape index (κ2) is 5.60. The highest BCUT2D eigenvalue weighted by molar-refractivity contribution is 6.05. The lowest BCUT2D eigenvalue weighted by atomic mass is 10.2. The summed E-state index contributed by atoms with van der Waals surface area (Å²) in [5, 5.41) is 2.87. The van der Waals surface area contributed by atoms with E-state index in [1.54, 1.807) is 12.1 Å². The lowest BCUT2D eigenvalue weighted by molar-refractivity contribution is 0.102. The smallest absolute Gasteiger partial charge is 0.264 e. The van der Waals surface area contributed by atoms with Crippen LogP contribution in [0.5, 0.6) is 0 Å². The van der Waals surface area contributed by atoms with Crippen molar-refractivity contribution < 1.29 is 13.6 Å². The summed E-state index contributed by atoms with van der Waals surface area (Å²) in [7, 11) is 1.49. The molecule has 23 heavy (non-hydrogen) atoms. The predicted molar refractivity (Wildman–Crippen MR) is 81.3 cm³/mol. The van der Waals surface area contributed by atoms with Crippen molar-refractivity contribution in [3.8, 4) is 0 Å². The van der Waals surface area contributed by atoms with Crippen LogP contribution in [0, 0.1) is 11.6 Å². The second-order valence-corrected chi connectivity index (χ2v) is 4.92. The Morgan fingerprint density at radius 3 is 2.74 bits per heavy atom. The Morgan fingerprint density at radius 2 is 2.00 bits per heavy atom. The van der Waals surface area contributed by atoms with Gasteiger partial charge in [-0.25, -0.2) is 13.8 Å². The van der Waals surface area contributed by atoms with E-state index in [9.17, 15) is 18.4 Å². The van der Waals surface area contributed by atoms with E-state index >= 15 is 0 Å². The number of nitrogens with one attached hydrogen (secondary N) is 1. The lowest BCUT2D eigenvalue weighted by Gasteiger charge is -2.09. The number of pyridine rings is 2. The van der Waals surface area contributed by atoms with Crippen LogP contribution in [0.25, 0.3) is 11.0 Å². The van der Waals surface area contributed by atoms with Gasteiger partial charge in [-0.05, 0) is 30.3 Å². The Bertz CT molecular complexity index is 983. The van der Waals surface area contributed by atoms with Crippen LogP contribution in [-0.2, 0) is 7.05 Å². The first kappa shape index (κ1) is 14.8. The molecule has 2 heterocycles. The van der Waals surface area contributed by atoms with E-state index < -0.39 is 23.1 Å². The lowest BCUT2D eigenvalue weighted by Crippen LogP contribution is -2.28. The SMILES string of the molecule is Cn1c(=O)c(C(=O)Nc2ccc(F)cc2F)cc2cccnc21.